The number of sulfone groups is 1. The van der Waals surface area contributed by atoms with Gasteiger partial charge in [0, 0.05) is 13.0 Å². The average molecular weight is 360 g/mol. The first-order valence-electron chi connectivity index (χ1n) is 7.93. The van der Waals surface area contributed by atoms with Gasteiger partial charge in [-0.05, 0) is 24.6 Å². The molecule has 1 N–H and O–H groups in total. The summed E-state index contributed by atoms with van der Waals surface area (Å²) in [7, 11) is -2.43. The summed E-state index contributed by atoms with van der Waals surface area (Å²) in [6.45, 7) is 1.71. The Labute approximate surface area is 147 Å². The molecule has 0 spiro atoms. The molecule has 2 aromatic rings. The van der Waals surface area contributed by atoms with Gasteiger partial charge in [-0.25, -0.2) is 8.42 Å². The molecular formula is C19H20O5S. The van der Waals surface area contributed by atoms with Crippen LogP contribution in [0.4, 0.5) is 0 Å². The van der Waals surface area contributed by atoms with Crippen LogP contribution in [0.25, 0.3) is 0 Å². The van der Waals surface area contributed by atoms with Crippen LogP contribution in [0, 0.1) is 12.3 Å². The molecule has 3 rings (SSSR count). The van der Waals surface area contributed by atoms with Gasteiger partial charge in [-0.1, -0.05) is 48.0 Å². The number of rotatable bonds is 6. The van der Waals surface area contributed by atoms with Crippen molar-refractivity contribution in [3.8, 4) is 0 Å². The third-order valence-corrected chi connectivity index (χ3v) is 7.17. The van der Waals surface area contributed by atoms with E-state index in [2.05, 4.69) is 0 Å². The predicted octanol–water partition coefficient (Wildman–Crippen LogP) is 2.65. The van der Waals surface area contributed by atoms with Crippen molar-refractivity contribution in [2.24, 2.45) is 5.41 Å². The minimum absolute atomic E-state index is 0.142. The number of methoxy groups -OCH3 is 1. The molecule has 6 heteroatoms. The third-order valence-electron chi connectivity index (χ3n) is 4.88. The Balaban J connectivity index is 2.11. The summed E-state index contributed by atoms with van der Waals surface area (Å²) in [4.78, 5) is 12.2. The van der Waals surface area contributed by atoms with Gasteiger partial charge in [0.1, 0.15) is 5.41 Å². The summed E-state index contributed by atoms with van der Waals surface area (Å²) in [6.07, 6.45) is 0. The summed E-state index contributed by atoms with van der Waals surface area (Å²) in [6, 6.07) is 15.4. The number of aliphatic carboxylic acids is 1. The highest BCUT2D eigenvalue weighted by Gasteiger charge is 2.76. The highest BCUT2D eigenvalue weighted by Crippen LogP contribution is 2.64. The molecule has 0 amide bonds. The number of ether oxygens (including phenoxy) is 1. The second-order valence-corrected chi connectivity index (χ2v) is 8.51. The van der Waals surface area contributed by atoms with Gasteiger partial charge < -0.3 is 9.84 Å². The zero-order valence-electron chi connectivity index (χ0n) is 14.0. The van der Waals surface area contributed by atoms with Crippen molar-refractivity contribution in [3.05, 3.63) is 65.7 Å². The van der Waals surface area contributed by atoms with Gasteiger partial charge >= 0.3 is 5.97 Å². The van der Waals surface area contributed by atoms with E-state index in [1.807, 2.05) is 13.0 Å². The molecule has 0 saturated heterocycles. The molecule has 25 heavy (non-hydrogen) atoms. The van der Waals surface area contributed by atoms with Crippen LogP contribution in [0.2, 0.25) is 0 Å². The van der Waals surface area contributed by atoms with Crippen molar-refractivity contribution >= 4 is 15.8 Å². The molecule has 2 aromatic carbocycles. The van der Waals surface area contributed by atoms with E-state index in [0.29, 0.717) is 5.56 Å². The van der Waals surface area contributed by atoms with E-state index in [9.17, 15) is 18.3 Å². The third kappa shape index (κ3) is 2.75. The summed E-state index contributed by atoms with van der Waals surface area (Å²) >= 11 is 0. The second-order valence-electron chi connectivity index (χ2n) is 6.45. The van der Waals surface area contributed by atoms with Gasteiger partial charge in [-0.3, -0.25) is 4.79 Å². The fourth-order valence-corrected chi connectivity index (χ4v) is 5.95. The molecule has 132 valence electrons. The number of aryl methyl sites for hydroxylation is 1. The van der Waals surface area contributed by atoms with Crippen LogP contribution in [-0.2, 0) is 19.4 Å². The zero-order valence-corrected chi connectivity index (χ0v) is 14.9. The summed E-state index contributed by atoms with van der Waals surface area (Å²) in [5.74, 6) is -1.79. The van der Waals surface area contributed by atoms with Crippen molar-refractivity contribution in [2.45, 2.75) is 23.0 Å². The number of hydrogen-bond donors (Lipinski definition) is 1. The van der Waals surface area contributed by atoms with Gasteiger partial charge in [0.05, 0.1) is 16.8 Å². The van der Waals surface area contributed by atoms with E-state index in [-0.39, 0.29) is 11.5 Å². The molecule has 3 atom stereocenters. The quantitative estimate of drug-likeness (QED) is 0.856. The van der Waals surface area contributed by atoms with Gasteiger partial charge in [-0.2, -0.15) is 0 Å². The maximum Gasteiger partial charge on any atom is 0.314 e. The zero-order chi connectivity index (χ0) is 18.2. The molecule has 0 aromatic heterocycles. The molecule has 0 heterocycles. The molecule has 1 aliphatic rings. The van der Waals surface area contributed by atoms with Crippen LogP contribution in [-0.4, -0.2) is 38.5 Å². The molecule has 0 aliphatic heterocycles. The Kier molecular flexibility index (Phi) is 4.43. The van der Waals surface area contributed by atoms with Crippen LogP contribution < -0.4 is 0 Å². The first-order chi connectivity index (χ1) is 11.9. The topological polar surface area (TPSA) is 80.7 Å². The van der Waals surface area contributed by atoms with E-state index < -0.39 is 32.4 Å². The first kappa shape index (κ1) is 17.6. The minimum Gasteiger partial charge on any atom is -0.481 e. The lowest BCUT2D eigenvalue weighted by Gasteiger charge is -2.12. The van der Waals surface area contributed by atoms with E-state index in [0.717, 1.165) is 5.56 Å². The van der Waals surface area contributed by atoms with Gasteiger partial charge in [0.15, 0.2) is 9.84 Å². The highest BCUT2D eigenvalue weighted by molar-refractivity contribution is 7.92. The Bertz CT molecular complexity index is 874. The normalized spacial score (nSPS) is 25.5. The number of benzene rings is 2. The van der Waals surface area contributed by atoms with Crippen molar-refractivity contribution < 1.29 is 23.1 Å². The highest BCUT2D eigenvalue weighted by atomic mass is 32.2. The van der Waals surface area contributed by atoms with Crippen LogP contribution in [0.5, 0.6) is 0 Å². The Morgan fingerprint density at radius 1 is 1.12 bits per heavy atom. The van der Waals surface area contributed by atoms with Crippen LogP contribution in [0.1, 0.15) is 17.0 Å². The maximum absolute atomic E-state index is 13.2. The van der Waals surface area contributed by atoms with Gasteiger partial charge in [-0.15, -0.1) is 0 Å². The van der Waals surface area contributed by atoms with Crippen LogP contribution in [0.3, 0.4) is 0 Å². The van der Waals surface area contributed by atoms with E-state index in [1.165, 1.54) is 19.2 Å². The Morgan fingerprint density at radius 3 is 2.24 bits per heavy atom. The molecule has 0 radical (unpaired) electrons. The Hall–Kier alpha value is -2.18. The molecular weight excluding hydrogens is 340 g/mol. The fraction of sp³-hybridized carbons (Fsp3) is 0.316. The lowest BCUT2D eigenvalue weighted by Crippen LogP contribution is -2.28. The minimum atomic E-state index is -3.82. The molecule has 5 nitrogen and oxygen atoms in total. The predicted molar refractivity (Wildman–Crippen MR) is 93.3 cm³/mol. The number of carboxylic acid groups (broad SMARTS) is 1. The van der Waals surface area contributed by atoms with E-state index in [1.54, 1.807) is 36.4 Å². The van der Waals surface area contributed by atoms with E-state index in [4.69, 9.17) is 4.74 Å². The number of hydrogen-bond acceptors (Lipinski definition) is 4. The standard InChI is InChI=1S/C19H20O5S/c1-13-8-10-15(11-9-13)25(22,23)17-16(14-6-4-3-5-7-14)19(17,12-24-2)18(20)21/h3-11,16-17H,12H2,1-2H3,(H,20,21)/t16-,17-,19+/m1/s1. The fourth-order valence-electron chi connectivity index (χ4n) is 3.60. The monoisotopic (exact) mass is 360 g/mol. The molecule has 1 aliphatic carbocycles. The maximum atomic E-state index is 13.2. The first-order valence-corrected chi connectivity index (χ1v) is 9.48. The summed E-state index contributed by atoms with van der Waals surface area (Å²) in [5, 5.41) is 8.79. The van der Waals surface area contributed by atoms with Crippen molar-refractivity contribution in [2.75, 3.05) is 13.7 Å². The molecule has 1 saturated carbocycles. The van der Waals surface area contributed by atoms with E-state index >= 15 is 0 Å². The lowest BCUT2D eigenvalue weighted by atomic mass is 10.0. The molecule has 0 bridgehead atoms. The molecule has 0 unspecified atom stereocenters. The van der Waals surface area contributed by atoms with Crippen LogP contribution in [0.15, 0.2) is 59.5 Å². The van der Waals surface area contributed by atoms with Crippen molar-refractivity contribution in [1.82, 2.24) is 0 Å². The second kappa shape index (κ2) is 6.28. The number of carbonyl (C=O) groups is 1. The number of carboxylic acids is 1. The van der Waals surface area contributed by atoms with Crippen molar-refractivity contribution in [1.29, 1.82) is 0 Å². The van der Waals surface area contributed by atoms with Crippen molar-refractivity contribution in [3.63, 3.8) is 0 Å². The smallest absolute Gasteiger partial charge is 0.314 e. The van der Waals surface area contributed by atoms with Gasteiger partial charge in [0.25, 0.3) is 0 Å². The largest absolute Gasteiger partial charge is 0.481 e. The summed E-state index contributed by atoms with van der Waals surface area (Å²) < 4.78 is 31.4. The summed E-state index contributed by atoms with van der Waals surface area (Å²) in [5.41, 5.74) is 0.165. The van der Waals surface area contributed by atoms with Crippen LogP contribution >= 0.6 is 0 Å². The lowest BCUT2D eigenvalue weighted by molar-refractivity contribution is -0.145. The molecule has 1 fully saturated rings. The SMILES string of the molecule is COC[C@]1(C(=O)O)[C@H](c2ccccc2)[C@H]1S(=O)(=O)c1ccc(C)cc1. The average Bonchev–Trinajstić information content (AvgIpc) is 3.27. The Morgan fingerprint density at radius 2 is 1.72 bits per heavy atom. The van der Waals surface area contributed by atoms with Gasteiger partial charge in [0.2, 0.25) is 0 Å².